The van der Waals surface area contributed by atoms with Gasteiger partial charge in [-0.05, 0) is 38.2 Å². The minimum absolute atomic E-state index is 0.325. The first kappa shape index (κ1) is 15.1. The van der Waals surface area contributed by atoms with Crippen LogP contribution in [-0.2, 0) is 11.2 Å². The third-order valence-corrected chi connectivity index (χ3v) is 3.16. The highest BCUT2D eigenvalue weighted by molar-refractivity contribution is 6.37. The second-order valence-corrected chi connectivity index (χ2v) is 4.93. The molecule has 1 aromatic carbocycles. The Bertz CT molecular complexity index is 426. The number of ether oxygens (including phenoxy) is 1. The van der Waals surface area contributed by atoms with Crippen molar-refractivity contribution < 1.29 is 14.6 Å². The number of methoxy groups -OCH3 is 1. The minimum atomic E-state index is -0.886. The van der Waals surface area contributed by atoms with Gasteiger partial charge < -0.3 is 9.84 Å². The highest BCUT2D eigenvalue weighted by Crippen LogP contribution is 2.34. The van der Waals surface area contributed by atoms with Crippen molar-refractivity contribution in [3.8, 4) is 5.75 Å². The molecule has 0 radical (unpaired) electrons. The molecule has 4 nitrogen and oxygen atoms in total. The molecule has 1 N–H and O–H groups in total. The number of hydrogen-bond acceptors (Lipinski definition) is 3. The van der Waals surface area contributed by atoms with Crippen molar-refractivity contribution >= 4 is 29.2 Å². The van der Waals surface area contributed by atoms with Gasteiger partial charge in [0.2, 0.25) is 0 Å². The van der Waals surface area contributed by atoms with Crippen molar-refractivity contribution in [1.82, 2.24) is 4.90 Å². The molecule has 0 heterocycles. The summed E-state index contributed by atoms with van der Waals surface area (Å²) in [6.45, 7) is 0. The quantitative estimate of drug-likeness (QED) is 0.906. The lowest BCUT2D eigenvalue weighted by Gasteiger charge is -2.20. The van der Waals surface area contributed by atoms with Crippen LogP contribution in [0, 0.1) is 0 Å². The van der Waals surface area contributed by atoms with Gasteiger partial charge in [0.05, 0.1) is 17.2 Å². The third-order valence-electron chi connectivity index (χ3n) is 2.60. The standard InChI is InChI=1S/C12H15Cl2NO3/c1-15(2)10(12(16)17)6-7-4-8(13)11(18-3)9(14)5-7/h4-5,10H,6H2,1-3H3,(H,16,17)/t10-/m0/s1. The fourth-order valence-corrected chi connectivity index (χ4v) is 2.33. The summed E-state index contributed by atoms with van der Waals surface area (Å²) in [4.78, 5) is 12.7. The van der Waals surface area contributed by atoms with Gasteiger partial charge in [-0.1, -0.05) is 23.2 Å². The molecule has 0 aliphatic carbocycles. The molecule has 100 valence electrons. The molecular weight excluding hydrogens is 277 g/mol. The van der Waals surface area contributed by atoms with Crippen LogP contribution in [0.4, 0.5) is 0 Å². The van der Waals surface area contributed by atoms with Crippen molar-refractivity contribution in [3.63, 3.8) is 0 Å². The Hall–Kier alpha value is -0.970. The van der Waals surface area contributed by atoms with E-state index in [1.54, 1.807) is 31.1 Å². The number of carboxylic acid groups (broad SMARTS) is 1. The van der Waals surface area contributed by atoms with E-state index in [-0.39, 0.29) is 0 Å². The number of nitrogens with zero attached hydrogens (tertiary/aromatic N) is 1. The van der Waals surface area contributed by atoms with E-state index in [0.717, 1.165) is 5.56 Å². The molecule has 0 aliphatic rings. The number of halogens is 2. The fourth-order valence-electron chi connectivity index (χ4n) is 1.64. The van der Waals surface area contributed by atoms with Crippen LogP contribution in [0.5, 0.6) is 5.75 Å². The molecule has 0 fully saturated rings. The number of rotatable bonds is 5. The second kappa shape index (κ2) is 6.27. The molecule has 0 saturated heterocycles. The zero-order chi connectivity index (χ0) is 13.9. The van der Waals surface area contributed by atoms with Crippen LogP contribution < -0.4 is 4.74 Å². The lowest BCUT2D eigenvalue weighted by molar-refractivity contribution is -0.142. The van der Waals surface area contributed by atoms with Crippen LogP contribution in [0.1, 0.15) is 5.56 Å². The lowest BCUT2D eigenvalue weighted by Crippen LogP contribution is -2.37. The van der Waals surface area contributed by atoms with Gasteiger partial charge in [-0.2, -0.15) is 0 Å². The van der Waals surface area contributed by atoms with E-state index < -0.39 is 12.0 Å². The Morgan fingerprint density at radius 1 is 1.39 bits per heavy atom. The molecule has 0 aliphatic heterocycles. The maximum absolute atomic E-state index is 11.1. The summed E-state index contributed by atoms with van der Waals surface area (Å²) in [5.41, 5.74) is 0.756. The zero-order valence-electron chi connectivity index (χ0n) is 10.4. The summed E-state index contributed by atoms with van der Waals surface area (Å²) < 4.78 is 5.04. The maximum Gasteiger partial charge on any atom is 0.321 e. The molecule has 6 heteroatoms. The average Bonchev–Trinajstić information content (AvgIpc) is 2.24. The highest BCUT2D eigenvalue weighted by atomic mass is 35.5. The number of carbonyl (C=O) groups is 1. The average molecular weight is 292 g/mol. The number of likely N-dealkylation sites (N-methyl/N-ethyl adjacent to an activating group) is 1. The Labute approximate surface area is 116 Å². The first-order valence-electron chi connectivity index (χ1n) is 5.28. The molecular formula is C12H15Cl2NO3. The summed E-state index contributed by atoms with van der Waals surface area (Å²) in [7, 11) is 4.91. The summed E-state index contributed by atoms with van der Waals surface area (Å²) >= 11 is 12.0. The second-order valence-electron chi connectivity index (χ2n) is 4.11. The van der Waals surface area contributed by atoms with Gasteiger partial charge in [-0.15, -0.1) is 0 Å². The fraction of sp³-hybridized carbons (Fsp3) is 0.417. The minimum Gasteiger partial charge on any atom is -0.494 e. The largest absolute Gasteiger partial charge is 0.494 e. The molecule has 1 atom stereocenters. The lowest BCUT2D eigenvalue weighted by atomic mass is 10.1. The molecule has 1 aromatic rings. The Balaban J connectivity index is 3.01. The first-order valence-corrected chi connectivity index (χ1v) is 6.03. The third kappa shape index (κ3) is 3.51. The monoisotopic (exact) mass is 291 g/mol. The molecule has 0 unspecified atom stereocenters. The van der Waals surface area contributed by atoms with Gasteiger partial charge in [0.15, 0.2) is 5.75 Å². The zero-order valence-corrected chi connectivity index (χ0v) is 11.9. The van der Waals surface area contributed by atoms with Crippen molar-refractivity contribution in [2.75, 3.05) is 21.2 Å². The molecule has 0 bridgehead atoms. The van der Waals surface area contributed by atoms with E-state index in [1.165, 1.54) is 7.11 Å². The smallest absolute Gasteiger partial charge is 0.321 e. The van der Waals surface area contributed by atoms with Gasteiger partial charge in [-0.25, -0.2) is 0 Å². The molecule has 1 rings (SSSR count). The topological polar surface area (TPSA) is 49.8 Å². The van der Waals surface area contributed by atoms with E-state index in [0.29, 0.717) is 22.2 Å². The summed E-state index contributed by atoms with van der Waals surface area (Å²) in [5, 5.41) is 9.87. The van der Waals surface area contributed by atoms with Crippen LogP contribution in [0.2, 0.25) is 10.0 Å². The van der Waals surface area contributed by atoms with Crippen molar-refractivity contribution in [1.29, 1.82) is 0 Å². The number of benzene rings is 1. The van der Waals surface area contributed by atoms with E-state index in [9.17, 15) is 4.79 Å². The molecule has 0 spiro atoms. The van der Waals surface area contributed by atoms with Crippen LogP contribution >= 0.6 is 23.2 Å². The van der Waals surface area contributed by atoms with E-state index in [1.807, 2.05) is 0 Å². The van der Waals surface area contributed by atoms with Gasteiger partial charge in [0.25, 0.3) is 0 Å². The Morgan fingerprint density at radius 3 is 2.22 bits per heavy atom. The van der Waals surface area contributed by atoms with Crippen molar-refractivity contribution in [3.05, 3.63) is 27.7 Å². The number of carboxylic acids is 1. The predicted octanol–water partition coefficient (Wildman–Crippen LogP) is 2.56. The molecule has 0 aromatic heterocycles. The SMILES string of the molecule is COc1c(Cl)cc(C[C@@H](C(=O)O)N(C)C)cc1Cl. The van der Waals surface area contributed by atoms with Crippen molar-refractivity contribution in [2.24, 2.45) is 0 Å². The Kier molecular flexibility index (Phi) is 5.26. The number of hydrogen-bond donors (Lipinski definition) is 1. The van der Waals surface area contributed by atoms with Crippen LogP contribution in [0.25, 0.3) is 0 Å². The van der Waals surface area contributed by atoms with E-state index >= 15 is 0 Å². The predicted molar refractivity (Wildman–Crippen MR) is 71.8 cm³/mol. The highest BCUT2D eigenvalue weighted by Gasteiger charge is 2.21. The van der Waals surface area contributed by atoms with Gasteiger partial charge in [0, 0.05) is 0 Å². The van der Waals surface area contributed by atoms with Gasteiger partial charge >= 0.3 is 5.97 Å². The summed E-state index contributed by atoms with van der Waals surface area (Å²) in [6.07, 6.45) is 0.325. The van der Waals surface area contributed by atoms with Crippen molar-refractivity contribution in [2.45, 2.75) is 12.5 Å². The molecule has 0 saturated carbocycles. The Morgan fingerprint density at radius 2 is 1.89 bits per heavy atom. The van der Waals surface area contributed by atoms with Crippen LogP contribution in [0.3, 0.4) is 0 Å². The van der Waals surface area contributed by atoms with Crippen LogP contribution in [-0.4, -0.2) is 43.2 Å². The molecule has 0 amide bonds. The summed E-state index contributed by atoms with van der Waals surface area (Å²) in [5.74, 6) is -0.484. The summed E-state index contributed by atoms with van der Waals surface area (Å²) in [6, 6.07) is 2.72. The van der Waals surface area contributed by atoms with E-state index in [4.69, 9.17) is 33.0 Å². The molecule has 18 heavy (non-hydrogen) atoms. The maximum atomic E-state index is 11.1. The van der Waals surface area contributed by atoms with Gasteiger partial charge in [-0.3, -0.25) is 9.69 Å². The normalized spacial score (nSPS) is 12.6. The first-order chi connectivity index (χ1) is 8.36. The van der Waals surface area contributed by atoms with E-state index in [2.05, 4.69) is 0 Å². The van der Waals surface area contributed by atoms with Gasteiger partial charge in [0.1, 0.15) is 6.04 Å². The number of aliphatic carboxylic acids is 1. The van der Waals surface area contributed by atoms with Crippen LogP contribution in [0.15, 0.2) is 12.1 Å².